The number of anilines is 1. The SMILES string of the molecule is CSc1ccc(NC(=O)COc2cc3oc(=O)cc(C)c3cc2Cl)cc1. The number of amides is 1. The molecule has 0 saturated heterocycles. The van der Waals surface area contributed by atoms with Crippen molar-refractivity contribution in [2.75, 3.05) is 18.2 Å². The molecule has 0 saturated carbocycles. The predicted octanol–water partition coefficient (Wildman–Crippen LogP) is 4.49. The highest BCUT2D eigenvalue weighted by Crippen LogP contribution is 2.31. The monoisotopic (exact) mass is 389 g/mol. The summed E-state index contributed by atoms with van der Waals surface area (Å²) >= 11 is 7.84. The van der Waals surface area contributed by atoms with Crippen LogP contribution in [0.1, 0.15) is 5.56 Å². The second-order valence-corrected chi connectivity index (χ2v) is 6.88. The van der Waals surface area contributed by atoms with Crippen molar-refractivity contribution in [2.45, 2.75) is 11.8 Å². The van der Waals surface area contributed by atoms with Gasteiger partial charge in [0, 0.05) is 28.1 Å². The van der Waals surface area contributed by atoms with Crippen molar-refractivity contribution in [3.05, 3.63) is 63.5 Å². The van der Waals surface area contributed by atoms with E-state index in [1.54, 1.807) is 24.8 Å². The van der Waals surface area contributed by atoms with Crippen molar-refractivity contribution in [3.8, 4) is 5.75 Å². The molecule has 134 valence electrons. The summed E-state index contributed by atoms with van der Waals surface area (Å²) in [5.74, 6) is -0.0374. The summed E-state index contributed by atoms with van der Waals surface area (Å²) < 4.78 is 10.7. The van der Waals surface area contributed by atoms with Gasteiger partial charge in [-0.1, -0.05) is 11.6 Å². The molecule has 26 heavy (non-hydrogen) atoms. The Labute approximate surface area is 159 Å². The summed E-state index contributed by atoms with van der Waals surface area (Å²) in [6.45, 7) is 1.58. The van der Waals surface area contributed by atoms with Gasteiger partial charge < -0.3 is 14.5 Å². The number of hydrogen-bond acceptors (Lipinski definition) is 5. The third-order valence-corrected chi connectivity index (χ3v) is 4.78. The number of benzene rings is 2. The third-order valence-electron chi connectivity index (χ3n) is 3.74. The molecule has 0 unspecified atom stereocenters. The Morgan fingerprint density at radius 2 is 1.96 bits per heavy atom. The fourth-order valence-corrected chi connectivity index (χ4v) is 3.07. The number of carbonyl (C=O) groups excluding carboxylic acids is 1. The molecule has 3 aromatic rings. The summed E-state index contributed by atoms with van der Waals surface area (Å²) in [5.41, 5.74) is 1.36. The maximum Gasteiger partial charge on any atom is 0.336 e. The molecule has 0 radical (unpaired) electrons. The highest BCUT2D eigenvalue weighted by Gasteiger charge is 2.11. The van der Waals surface area contributed by atoms with Gasteiger partial charge in [0.1, 0.15) is 11.3 Å². The highest BCUT2D eigenvalue weighted by atomic mass is 35.5. The van der Waals surface area contributed by atoms with E-state index >= 15 is 0 Å². The molecule has 7 heteroatoms. The molecule has 0 atom stereocenters. The number of fused-ring (bicyclic) bond motifs is 1. The Morgan fingerprint density at radius 3 is 2.65 bits per heavy atom. The van der Waals surface area contributed by atoms with E-state index in [1.807, 2.05) is 30.5 Å². The maximum atomic E-state index is 12.1. The number of halogens is 1. The number of ether oxygens (including phenoxy) is 1. The average molecular weight is 390 g/mol. The van der Waals surface area contributed by atoms with Gasteiger partial charge in [0.05, 0.1) is 5.02 Å². The molecule has 1 aromatic heterocycles. The first-order valence-electron chi connectivity index (χ1n) is 7.77. The lowest BCUT2D eigenvalue weighted by Crippen LogP contribution is -2.20. The van der Waals surface area contributed by atoms with E-state index in [4.69, 9.17) is 20.8 Å². The zero-order valence-electron chi connectivity index (χ0n) is 14.2. The zero-order valence-corrected chi connectivity index (χ0v) is 15.7. The molecular formula is C19H16ClNO4S. The molecular weight excluding hydrogens is 374 g/mol. The normalized spacial score (nSPS) is 10.7. The van der Waals surface area contributed by atoms with Crippen molar-refractivity contribution >= 4 is 45.9 Å². The van der Waals surface area contributed by atoms with Crippen LogP contribution in [0.4, 0.5) is 5.69 Å². The summed E-state index contributed by atoms with van der Waals surface area (Å²) in [6.07, 6.45) is 1.98. The van der Waals surface area contributed by atoms with Gasteiger partial charge in [0.15, 0.2) is 6.61 Å². The van der Waals surface area contributed by atoms with Crippen LogP contribution in [0.15, 0.2) is 56.6 Å². The molecule has 1 heterocycles. The van der Waals surface area contributed by atoms with Crippen molar-refractivity contribution in [1.82, 2.24) is 0 Å². The van der Waals surface area contributed by atoms with Gasteiger partial charge in [-0.2, -0.15) is 0 Å². The lowest BCUT2D eigenvalue weighted by Gasteiger charge is -2.10. The van der Waals surface area contributed by atoms with Crippen LogP contribution in [0.5, 0.6) is 5.75 Å². The van der Waals surface area contributed by atoms with Crippen LogP contribution < -0.4 is 15.7 Å². The molecule has 0 aliphatic rings. The largest absolute Gasteiger partial charge is 0.482 e. The number of aryl methyl sites for hydroxylation is 1. The lowest BCUT2D eigenvalue weighted by atomic mass is 10.1. The molecule has 0 aliphatic heterocycles. The van der Waals surface area contributed by atoms with Gasteiger partial charge in [-0.15, -0.1) is 11.8 Å². The second kappa shape index (κ2) is 7.85. The first-order chi connectivity index (χ1) is 12.5. The van der Waals surface area contributed by atoms with Gasteiger partial charge >= 0.3 is 5.63 Å². The fraction of sp³-hybridized carbons (Fsp3) is 0.158. The van der Waals surface area contributed by atoms with E-state index in [2.05, 4.69) is 5.32 Å². The maximum absolute atomic E-state index is 12.1. The topological polar surface area (TPSA) is 68.5 Å². The van der Waals surface area contributed by atoms with E-state index in [0.29, 0.717) is 16.3 Å². The Kier molecular flexibility index (Phi) is 5.54. The first-order valence-corrected chi connectivity index (χ1v) is 9.37. The van der Waals surface area contributed by atoms with Gasteiger partial charge in [-0.3, -0.25) is 4.79 Å². The van der Waals surface area contributed by atoms with Crippen LogP contribution in [-0.2, 0) is 4.79 Å². The van der Waals surface area contributed by atoms with Crippen LogP contribution in [0.25, 0.3) is 11.0 Å². The van der Waals surface area contributed by atoms with E-state index in [9.17, 15) is 9.59 Å². The van der Waals surface area contributed by atoms with Crippen LogP contribution in [0.3, 0.4) is 0 Å². The number of rotatable bonds is 5. The summed E-state index contributed by atoms with van der Waals surface area (Å²) in [4.78, 5) is 24.7. The molecule has 0 fully saturated rings. The van der Waals surface area contributed by atoms with Crippen LogP contribution >= 0.6 is 23.4 Å². The van der Waals surface area contributed by atoms with Gasteiger partial charge in [0.25, 0.3) is 5.91 Å². The fourth-order valence-electron chi connectivity index (χ4n) is 2.45. The number of thioether (sulfide) groups is 1. The third kappa shape index (κ3) is 4.20. The van der Waals surface area contributed by atoms with Gasteiger partial charge in [-0.05, 0) is 49.1 Å². The van der Waals surface area contributed by atoms with Crippen LogP contribution in [0.2, 0.25) is 5.02 Å². The number of hydrogen-bond donors (Lipinski definition) is 1. The molecule has 2 aromatic carbocycles. The van der Waals surface area contributed by atoms with Gasteiger partial charge in [0.2, 0.25) is 0 Å². The van der Waals surface area contributed by atoms with Crippen molar-refractivity contribution in [1.29, 1.82) is 0 Å². The molecule has 0 spiro atoms. The number of nitrogens with one attached hydrogen (secondary N) is 1. The van der Waals surface area contributed by atoms with Gasteiger partial charge in [-0.25, -0.2) is 4.79 Å². The quantitative estimate of drug-likeness (QED) is 0.514. The van der Waals surface area contributed by atoms with Crippen molar-refractivity contribution < 1.29 is 13.9 Å². The Bertz CT molecular complexity index is 1010. The molecule has 1 amide bonds. The molecule has 5 nitrogen and oxygen atoms in total. The van der Waals surface area contributed by atoms with E-state index in [-0.39, 0.29) is 18.3 Å². The van der Waals surface area contributed by atoms with E-state index in [0.717, 1.165) is 15.8 Å². The van der Waals surface area contributed by atoms with E-state index < -0.39 is 5.63 Å². The smallest absolute Gasteiger partial charge is 0.336 e. The Hall–Kier alpha value is -2.44. The second-order valence-electron chi connectivity index (χ2n) is 5.59. The Balaban J connectivity index is 1.71. The average Bonchev–Trinajstić information content (AvgIpc) is 2.61. The summed E-state index contributed by atoms with van der Waals surface area (Å²) in [6, 6.07) is 12.1. The van der Waals surface area contributed by atoms with Crippen LogP contribution in [0, 0.1) is 6.92 Å². The van der Waals surface area contributed by atoms with Crippen LogP contribution in [-0.4, -0.2) is 18.8 Å². The lowest BCUT2D eigenvalue weighted by molar-refractivity contribution is -0.118. The van der Waals surface area contributed by atoms with Crippen molar-refractivity contribution in [2.24, 2.45) is 0 Å². The summed E-state index contributed by atoms with van der Waals surface area (Å²) in [7, 11) is 0. The minimum absolute atomic E-state index is 0.217. The van der Waals surface area contributed by atoms with E-state index in [1.165, 1.54) is 12.1 Å². The Morgan fingerprint density at radius 1 is 1.23 bits per heavy atom. The molecule has 1 N–H and O–H groups in total. The molecule has 0 bridgehead atoms. The molecule has 3 rings (SSSR count). The predicted molar refractivity (Wildman–Crippen MR) is 105 cm³/mol. The number of carbonyl (C=O) groups is 1. The zero-order chi connectivity index (χ0) is 18.7. The molecule has 0 aliphatic carbocycles. The minimum atomic E-state index is -0.449. The highest BCUT2D eigenvalue weighted by molar-refractivity contribution is 7.98. The van der Waals surface area contributed by atoms with Crippen molar-refractivity contribution in [3.63, 3.8) is 0 Å². The summed E-state index contributed by atoms with van der Waals surface area (Å²) in [5, 5.41) is 3.81. The standard InChI is InChI=1S/C19H16ClNO4S/c1-11-7-19(23)25-16-9-17(15(20)8-14(11)16)24-10-18(22)21-12-3-5-13(26-2)6-4-12/h3-9H,10H2,1-2H3,(H,21,22). The first kappa shape index (κ1) is 18.4. The minimum Gasteiger partial charge on any atom is -0.482 e.